The Bertz CT molecular complexity index is 575. The molecule has 2 aromatic rings. The van der Waals surface area contributed by atoms with Crippen molar-refractivity contribution < 1.29 is 14.1 Å². The maximum atomic E-state index is 11.7. The van der Waals surface area contributed by atoms with E-state index < -0.39 is 5.97 Å². The first kappa shape index (κ1) is 12.3. The summed E-state index contributed by atoms with van der Waals surface area (Å²) in [4.78, 5) is 16.0. The summed E-state index contributed by atoms with van der Waals surface area (Å²) in [5, 5.41) is 3.90. The van der Waals surface area contributed by atoms with Crippen molar-refractivity contribution >= 4 is 5.97 Å². The second-order valence-electron chi connectivity index (χ2n) is 3.85. The molecule has 0 atom stereocenters. The molecule has 0 saturated heterocycles. The number of hydrogen-bond donors (Lipinski definition) is 0. The summed E-state index contributed by atoms with van der Waals surface area (Å²) in [5.74, 6) is 0.561. The lowest BCUT2D eigenvalue weighted by atomic mass is 10.0. The number of aryl methyl sites for hydroxylation is 2. The lowest BCUT2D eigenvalue weighted by molar-refractivity contribution is 0.0601. The summed E-state index contributed by atoms with van der Waals surface area (Å²) >= 11 is 0. The van der Waals surface area contributed by atoms with Crippen molar-refractivity contribution in [2.45, 2.75) is 20.3 Å². The van der Waals surface area contributed by atoms with Gasteiger partial charge in [0.25, 0.3) is 0 Å². The molecule has 94 valence electrons. The van der Waals surface area contributed by atoms with Gasteiger partial charge >= 0.3 is 5.97 Å². The van der Waals surface area contributed by atoms with Gasteiger partial charge in [-0.15, -0.1) is 0 Å². The number of methoxy groups -OCH3 is 1. The molecule has 5 nitrogen and oxygen atoms in total. The smallest absolute Gasteiger partial charge is 0.338 e. The fourth-order valence-corrected chi connectivity index (χ4v) is 1.74. The minimum atomic E-state index is -0.406. The van der Waals surface area contributed by atoms with Crippen LogP contribution in [0.2, 0.25) is 0 Å². The van der Waals surface area contributed by atoms with E-state index in [-0.39, 0.29) is 0 Å². The van der Waals surface area contributed by atoms with Gasteiger partial charge in [-0.25, -0.2) is 4.79 Å². The third-order valence-electron chi connectivity index (χ3n) is 2.67. The predicted molar refractivity (Wildman–Crippen MR) is 65.2 cm³/mol. The van der Waals surface area contributed by atoms with Crippen LogP contribution < -0.4 is 0 Å². The largest absolute Gasteiger partial charge is 0.465 e. The Morgan fingerprint density at radius 2 is 2.22 bits per heavy atom. The van der Waals surface area contributed by atoms with Crippen LogP contribution in [0.4, 0.5) is 0 Å². The second kappa shape index (κ2) is 5.00. The standard InChI is InChI=1S/C13H14N2O3/c1-4-10-14-12(15-18-10)11-8(2)6-5-7-9(11)13(16)17-3/h5-7H,4H2,1-3H3. The number of carbonyl (C=O) groups excluding carboxylic acids is 1. The molecule has 2 rings (SSSR count). The van der Waals surface area contributed by atoms with Crippen LogP contribution in [0.3, 0.4) is 0 Å². The molecule has 0 N–H and O–H groups in total. The first-order chi connectivity index (χ1) is 8.67. The minimum absolute atomic E-state index is 0.406. The van der Waals surface area contributed by atoms with Crippen LogP contribution in [0.15, 0.2) is 22.7 Å². The van der Waals surface area contributed by atoms with Crippen molar-refractivity contribution in [2.24, 2.45) is 0 Å². The van der Waals surface area contributed by atoms with Crippen LogP contribution in [0.1, 0.15) is 28.7 Å². The number of hydrogen-bond acceptors (Lipinski definition) is 5. The van der Waals surface area contributed by atoms with Crippen LogP contribution in [0.5, 0.6) is 0 Å². The maximum absolute atomic E-state index is 11.7. The number of aromatic nitrogens is 2. The Morgan fingerprint density at radius 1 is 1.44 bits per heavy atom. The van der Waals surface area contributed by atoms with Crippen molar-refractivity contribution in [1.29, 1.82) is 0 Å². The molecule has 1 heterocycles. The van der Waals surface area contributed by atoms with Gasteiger partial charge in [0.05, 0.1) is 12.7 Å². The highest BCUT2D eigenvalue weighted by Gasteiger charge is 2.19. The Balaban J connectivity index is 2.58. The maximum Gasteiger partial charge on any atom is 0.338 e. The topological polar surface area (TPSA) is 65.2 Å². The molecule has 1 aromatic carbocycles. The van der Waals surface area contributed by atoms with E-state index in [4.69, 9.17) is 9.26 Å². The fourth-order valence-electron chi connectivity index (χ4n) is 1.74. The molecule has 0 spiro atoms. The summed E-state index contributed by atoms with van der Waals surface area (Å²) in [5.41, 5.74) is 2.01. The summed E-state index contributed by atoms with van der Waals surface area (Å²) in [7, 11) is 1.35. The highest BCUT2D eigenvalue weighted by atomic mass is 16.5. The SMILES string of the molecule is CCc1nc(-c2c(C)cccc2C(=O)OC)no1. The first-order valence-electron chi connectivity index (χ1n) is 5.68. The lowest BCUT2D eigenvalue weighted by Crippen LogP contribution is -2.05. The molecule has 0 bridgehead atoms. The monoisotopic (exact) mass is 246 g/mol. The van der Waals surface area contributed by atoms with E-state index in [2.05, 4.69) is 10.1 Å². The van der Waals surface area contributed by atoms with Crippen molar-refractivity contribution in [1.82, 2.24) is 10.1 Å². The molecule has 0 radical (unpaired) electrons. The van der Waals surface area contributed by atoms with Crippen LogP contribution in [-0.2, 0) is 11.2 Å². The quantitative estimate of drug-likeness (QED) is 0.778. The van der Waals surface area contributed by atoms with Gasteiger partial charge in [0.1, 0.15) is 0 Å². The van der Waals surface area contributed by atoms with E-state index >= 15 is 0 Å². The highest BCUT2D eigenvalue weighted by molar-refractivity contribution is 5.97. The van der Waals surface area contributed by atoms with Crippen molar-refractivity contribution in [3.05, 3.63) is 35.2 Å². The van der Waals surface area contributed by atoms with E-state index in [1.807, 2.05) is 19.9 Å². The normalized spacial score (nSPS) is 10.4. The summed E-state index contributed by atoms with van der Waals surface area (Å²) in [6, 6.07) is 5.38. The van der Waals surface area contributed by atoms with Gasteiger partial charge < -0.3 is 9.26 Å². The Kier molecular flexibility index (Phi) is 3.41. The number of carbonyl (C=O) groups is 1. The molecule has 0 aliphatic carbocycles. The Labute approximate surface area is 105 Å². The van der Waals surface area contributed by atoms with Gasteiger partial charge in [-0.05, 0) is 18.6 Å². The van der Waals surface area contributed by atoms with Crippen molar-refractivity contribution in [3.63, 3.8) is 0 Å². The number of ether oxygens (including phenoxy) is 1. The average molecular weight is 246 g/mol. The third kappa shape index (κ3) is 2.11. The molecule has 5 heteroatoms. The fraction of sp³-hybridized carbons (Fsp3) is 0.308. The molecule has 0 saturated carbocycles. The zero-order valence-electron chi connectivity index (χ0n) is 10.6. The molecule has 1 aromatic heterocycles. The Hall–Kier alpha value is -2.17. The van der Waals surface area contributed by atoms with Gasteiger partial charge in [0, 0.05) is 12.0 Å². The van der Waals surface area contributed by atoms with E-state index in [0.29, 0.717) is 29.3 Å². The summed E-state index contributed by atoms with van der Waals surface area (Å²) in [6.07, 6.45) is 0.659. The third-order valence-corrected chi connectivity index (χ3v) is 2.67. The van der Waals surface area contributed by atoms with E-state index in [9.17, 15) is 4.79 Å². The van der Waals surface area contributed by atoms with Crippen LogP contribution >= 0.6 is 0 Å². The molecule has 0 aliphatic heterocycles. The highest BCUT2D eigenvalue weighted by Crippen LogP contribution is 2.25. The molecule has 0 aliphatic rings. The zero-order valence-corrected chi connectivity index (χ0v) is 10.6. The van der Waals surface area contributed by atoms with Gasteiger partial charge in [-0.3, -0.25) is 0 Å². The number of rotatable bonds is 3. The average Bonchev–Trinajstić information content (AvgIpc) is 2.86. The summed E-state index contributed by atoms with van der Waals surface area (Å²) in [6.45, 7) is 3.82. The van der Waals surface area contributed by atoms with Crippen molar-refractivity contribution in [3.8, 4) is 11.4 Å². The molecule has 0 unspecified atom stereocenters. The van der Waals surface area contributed by atoms with Crippen LogP contribution in [-0.4, -0.2) is 23.2 Å². The van der Waals surface area contributed by atoms with Gasteiger partial charge in [-0.1, -0.05) is 24.2 Å². The lowest BCUT2D eigenvalue weighted by Gasteiger charge is -2.07. The summed E-state index contributed by atoms with van der Waals surface area (Å²) < 4.78 is 9.84. The number of benzene rings is 1. The molecule has 18 heavy (non-hydrogen) atoms. The van der Waals surface area contributed by atoms with Gasteiger partial charge in [-0.2, -0.15) is 4.98 Å². The molecule has 0 fully saturated rings. The van der Waals surface area contributed by atoms with E-state index in [0.717, 1.165) is 5.56 Å². The van der Waals surface area contributed by atoms with E-state index in [1.165, 1.54) is 7.11 Å². The van der Waals surface area contributed by atoms with Crippen LogP contribution in [0, 0.1) is 6.92 Å². The number of nitrogens with zero attached hydrogens (tertiary/aromatic N) is 2. The van der Waals surface area contributed by atoms with Crippen LogP contribution in [0.25, 0.3) is 11.4 Å². The second-order valence-corrected chi connectivity index (χ2v) is 3.85. The molecule has 0 amide bonds. The van der Waals surface area contributed by atoms with Gasteiger partial charge in [0.2, 0.25) is 11.7 Å². The minimum Gasteiger partial charge on any atom is -0.465 e. The Morgan fingerprint density at radius 3 is 2.83 bits per heavy atom. The molecular weight excluding hydrogens is 232 g/mol. The first-order valence-corrected chi connectivity index (χ1v) is 5.68. The van der Waals surface area contributed by atoms with Crippen molar-refractivity contribution in [2.75, 3.05) is 7.11 Å². The van der Waals surface area contributed by atoms with Gasteiger partial charge in [0.15, 0.2) is 0 Å². The molecular formula is C13H14N2O3. The number of esters is 1. The van der Waals surface area contributed by atoms with E-state index in [1.54, 1.807) is 12.1 Å². The predicted octanol–water partition coefficient (Wildman–Crippen LogP) is 2.39. The zero-order chi connectivity index (χ0) is 13.1.